The van der Waals surface area contributed by atoms with Crippen molar-refractivity contribution in [3.8, 4) is 0 Å². The highest BCUT2D eigenvalue weighted by atomic mass is 16.2. The first-order valence-corrected chi connectivity index (χ1v) is 7.66. The van der Waals surface area contributed by atoms with E-state index < -0.39 is 23.7 Å². The van der Waals surface area contributed by atoms with Gasteiger partial charge in [0, 0.05) is 37.3 Å². The quantitative estimate of drug-likeness (QED) is 0.761. The van der Waals surface area contributed by atoms with Crippen molar-refractivity contribution in [3.05, 3.63) is 24.3 Å². The molecule has 1 aromatic carbocycles. The van der Waals surface area contributed by atoms with E-state index in [-0.39, 0.29) is 37.7 Å². The molecule has 24 heavy (non-hydrogen) atoms. The van der Waals surface area contributed by atoms with Gasteiger partial charge in [0.1, 0.15) is 0 Å². The SMILES string of the molecule is NC(=O)[C@H]1CC(=O)N(c2cccc(N3C[C@@H](C(N)=O)CC3=O)c2)C1. The van der Waals surface area contributed by atoms with Crippen LogP contribution in [0.25, 0.3) is 0 Å². The van der Waals surface area contributed by atoms with Crippen molar-refractivity contribution in [1.29, 1.82) is 0 Å². The molecule has 1 aromatic rings. The van der Waals surface area contributed by atoms with E-state index in [1.165, 1.54) is 9.80 Å². The van der Waals surface area contributed by atoms with Gasteiger partial charge in [0.2, 0.25) is 23.6 Å². The molecule has 2 heterocycles. The third-order valence-electron chi connectivity index (χ3n) is 4.51. The summed E-state index contributed by atoms with van der Waals surface area (Å²) in [5.41, 5.74) is 11.7. The number of carbonyl (C=O) groups is 4. The zero-order valence-corrected chi connectivity index (χ0v) is 13.0. The molecule has 0 saturated carbocycles. The van der Waals surface area contributed by atoms with E-state index in [0.717, 1.165) is 0 Å². The van der Waals surface area contributed by atoms with Gasteiger partial charge in [-0.3, -0.25) is 19.2 Å². The Labute approximate surface area is 138 Å². The van der Waals surface area contributed by atoms with Gasteiger partial charge in [0.05, 0.1) is 11.8 Å². The van der Waals surface area contributed by atoms with Gasteiger partial charge < -0.3 is 21.3 Å². The van der Waals surface area contributed by atoms with E-state index in [1.807, 2.05) is 0 Å². The lowest BCUT2D eigenvalue weighted by molar-refractivity contribution is -0.123. The fraction of sp³-hybridized carbons (Fsp3) is 0.375. The first kappa shape index (κ1) is 16.0. The highest BCUT2D eigenvalue weighted by molar-refractivity contribution is 6.02. The summed E-state index contributed by atoms with van der Waals surface area (Å²) in [6.45, 7) is 0.463. The molecule has 0 aliphatic carbocycles. The number of nitrogens with two attached hydrogens (primary N) is 2. The molecule has 126 valence electrons. The monoisotopic (exact) mass is 330 g/mol. The van der Waals surface area contributed by atoms with Gasteiger partial charge >= 0.3 is 0 Å². The van der Waals surface area contributed by atoms with E-state index in [0.29, 0.717) is 11.4 Å². The Bertz CT molecular complexity index is 675. The second-order valence-corrected chi connectivity index (χ2v) is 6.14. The normalized spacial score (nSPS) is 23.8. The van der Waals surface area contributed by atoms with Crippen molar-refractivity contribution in [3.63, 3.8) is 0 Å². The molecule has 2 saturated heterocycles. The number of hydrogen-bond donors (Lipinski definition) is 2. The van der Waals surface area contributed by atoms with Gasteiger partial charge in [-0.2, -0.15) is 0 Å². The van der Waals surface area contributed by atoms with Gasteiger partial charge in [-0.25, -0.2) is 0 Å². The van der Waals surface area contributed by atoms with Gasteiger partial charge in [0.25, 0.3) is 0 Å². The standard InChI is InChI=1S/C16H18N4O4/c17-15(23)9-4-13(21)19(7-9)11-2-1-3-12(6-11)20-8-10(16(18)24)5-14(20)22/h1-3,6,9-10H,4-5,7-8H2,(H2,17,23)(H2,18,24)/t9-,10-/m0/s1. The molecule has 2 aliphatic rings. The van der Waals surface area contributed by atoms with Crippen LogP contribution in [0.15, 0.2) is 24.3 Å². The first-order chi connectivity index (χ1) is 11.4. The lowest BCUT2D eigenvalue weighted by Crippen LogP contribution is -2.30. The molecule has 3 rings (SSSR count). The Morgan fingerprint density at radius 3 is 1.62 bits per heavy atom. The predicted molar refractivity (Wildman–Crippen MR) is 85.8 cm³/mol. The summed E-state index contributed by atoms with van der Waals surface area (Å²) in [7, 11) is 0. The minimum atomic E-state index is -0.506. The van der Waals surface area contributed by atoms with Crippen LogP contribution < -0.4 is 21.3 Å². The Morgan fingerprint density at radius 2 is 1.29 bits per heavy atom. The summed E-state index contributed by atoms with van der Waals surface area (Å²) >= 11 is 0. The molecular weight excluding hydrogens is 312 g/mol. The van der Waals surface area contributed by atoms with Crippen molar-refractivity contribution in [1.82, 2.24) is 0 Å². The summed E-state index contributed by atoms with van der Waals surface area (Å²) < 4.78 is 0. The zero-order chi connectivity index (χ0) is 17.4. The van der Waals surface area contributed by atoms with E-state index in [1.54, 1.807) is 24.3 Å². The van der Waals surface area contributed by atoms with E-state index in [2.05, 4.69) is 0 Å². The van der Waals surface area contributed by atoms with Crippen molar-refractivity contribution in [2.45, 2.75) is 12.8 Å². The summed E-state index contributed by atoms with van der Waals surface area (Å²) in [6.07, 6.45) is 0.178. The maximum Gasteiger partial charge on any atom is 0.227 e. The van der Waals surface area contributed by atoms with Gasteiger partial charge in [-0.1, -0.05) is 6.07 Å². The molecule has 2 fully saturated rings. The lowest BCUT2D eigenvalue weighted by Gasteiger charge is -2.21. The van der Waals surface area contributed by atoms with Crippen molar-refractivity contribution in [2.75, 3.05) is 22.9 Å². The maximum atomic E-state index is 12.1. The Balaban J connectivity index is 1.83. The predicted octanol–water partition coefficient (Wildman–Crippen LogP) is -0.637. The van der Waals surface area contributed by atoms with Gasteiger partial charge in [0.15, 0.2) is 0 Å². The third-order valence-corrected chi connectivity index (χ3v) is 4.51. The largest absolute Gasteiger partial charge is 0.369 e. The average molecular weight is 330 g/mol. The molecule has 0 aromatic heterocycles. The summed E-state index contributed by atoms with van der Waals surface area (Å²) in [5.74, 6) is -2.37. The Hall–Kier alpha value is -2.90. The number of benzene rings is 1. The molecule has 0 unspecified atom stereocenters. The molecule has 4 amide bonds. The molecule has 8 nitrogen and oxygen atoms in total. The highest BCUT2D eigenvalue weighted by Crippen LogP contribution is 2.31. The fourth-order valence-electron chi connectivity index (χ4n) is 3.12. The van der Waals surface area contributed by atoms with Crippen LogP contribution in [-0.2, 0) is 19.2 Å². The number of amides is 4. The Kier molecular flexibility index (Phi) is 3.96. The second kappa shape index (κ2) is 5.95. The zero-order valence-electron chi connectivity index (χ0n) is 13.0. The minimum Gasteiger partial charge on any atom is -0.369 e. The number of nitrogens with zero attached hydrogens (tertiary/aromatic N) is 2. The number of rotatable bonds is 4. The summed E-state index contributed by atoms with van der Waals surface area (Å²) in [6, 6.07) is 6.89. The van der Waals surface area contributed by atoms with Crippen LogP contribution in [-0.4, -0.2) is 36.7 Å². The summed E-state index contributed by atoms with van der Waals surface area (Å²) in [4.78, 5) is 49.8. The van der Waals surface area contributed by atoms with Crippen LogP contribution in [0.4, 0.5) is 11.4 Å². The second-order valence-electron chi connectivity index (χ2n) is 6.14. The van der Waals surface area contributed by atoms with Crippen LogP contribution in [0.2, 0.25) is 0 Å². The number of carbonyl (C=O) groups excluding carboxylic acids is 4. The first-order valence-electron chi connectivity index (χ1n) is 7.66. The maximum absolute atomic E-state index is 12.1. The number of anilines is 2. The lowest BCUT2D eigenvalue weighted by atomic mass is 10.1. The van der Waals surface area contributed by atoms with Crippen molar-refractivity contribution < 1.29 is 19.2 Å². The number of primary amides is 2. The molecule has 8 heteroatoms. The highest BCUT2D eigenvalue weighted by Gasteiger charge is 2.36. The van der Waals surface area contributed by atoms with Crippen LogP contribution in [0.1, 0.15) is 12.8 Å². The molecular formula is C16H18N4O4. The van der Waals surface area contributed by atoms with Crippen LogP contribution >= 0.6 is 0 Å². The Morgan fingerprint density at radius 1 is 0.875 bits per heavy atom. The topological polar surface area (TPSA) is 127 Å². The molecule has 0 radical (unpaired) electrons. The van der Waals surface area contributed by atoms with Crippen LogP contribution in [0, 0.1) is 11.8 Å². The van der Waals surface area contributed by atoms with Crippen LogP contribution in [0.3, 0.4) is 0 Å². The van der Waals surface area contributed by atoms with Gasteiger partial charge in [-0.05, 0) is 18.2 Å². The van der Waals surface area contributed by atoms with E-state index >= 15 is 0 Å². The fourth-order valence-corrected chi connectivity index (χ4v) is 3.12. The van der Waals surface area contributed by atoms with Crippen LogP contribution in [0.5, 0.6) is 0 Å². The molecule has 2 atom stereocenters. The van der Waals surface area contributed by atoms with Crippen molar-refractivity contribution in [2.24, 2.45) is 23.3 Å². The summed E-state index contributed by atoms with van der Waals surface area (Å²) in [5, 5.41) is 0. The van der Waals surface area contributed by atoms with Gasteiger partial charge in [-0.15, -0.1) is 0 Å². The molecule has 2 aliphatic heterocycles. The number of hydrogen-bond acceptors (Lipinski definition) is 4. The van der Waals surface area contributed by atoms with E-state index in [9.17, 15) is 19.2 Å². The minimum absolute atomic E-state index is 0.0892. The third kappa shape index (κ3) is 2.82. The average Bonchev–Trinajstić information content (AvgIpc) is 3.11. The molecule has 0 spiro atoms. The molecule has 0 bridgehead atoms. The van der Waals surface area contributed by atoms with E-state index in [4.69, 9.17) is 11.5 Å². The van der Waals surface area contributed by atoms with Crippen molar-refractivity contribution >= 4 is 35.0 Å². The smallest absolute Gasteiger partial charge is 0.227 e. The molecule has 4 N–H and O–H groups in total.